The molecule has 0 radical (unpaired) electrons. The first-order valence-electron chi connectivity index (χ1n) is 7.89. The lowest BCUT2D eigenvalue weighted by Crippen LogP contribution is -2.11. The number of carboxylic acid groups (broad SMARTS) is 1. The molecule has 0 saturated heterocycles. The first-order valence-corrected chi connectivity index (χ1v) is 8.77. The van der Waals surface area contributed by atoms with Crippen LogP contribution in [0.15, 0.2) is 41.0 Å². The largest absolute Gasteiger partial charge is 0.464 e. The smallest absolute Gasteiger partial charge is 0.416 e. The van der Waals surface area contributed by atoms with Gasteiger partial charge in [0.25, 0.3) is 0 Å². The zero-order chi connectivity index (χ0) is 18.8. The maximum Gasteiger partial charge on any atom is 0.416 e. The van der Waals surface area contributed by atoms with Crippen molar-refractivity contribution in [3.8, 4) is 0 Å². The number of aromatic nitrogens is 2. The monoisotopic (exact) mass is 371 g/mol. The molecule has 0 unspecified atom stereocenters. The van der Waals surface area contributed by atoms with E-state index in [-0.39, 0.29) is 16.7 Å². The predicted octanol–water partition coefficient (Wildman–Crippen LogP) is 3.86. The molecule has 0 aliphatic rings. The van der Waals surface area contributed by atoms with Gasteiger partial charge in [-0.25, -0.2) is 9.78 Å². The highest BCUT2D eigenvalue weighted by molar-refractivity contribution is 7.12. The molecule has 0 aliphatic heterocycles. The Balaban J connectivity index is 2.05. The quantitative estimate of drug-likeness (QED) is 0.417. The van der Waals surface area contributed by atoms with E-state index in [1.165, 1.54) is 24.6 Å². The normalized spacial score (nSPS) is 11.9. The van der Waals surface area contributed by atoms with Gasteiger partial charge in [0.2, 0.25) is 5.78 Å². The zero-order valence-corrected chi connectivity index (χ0v) is 15.3. The maximum atomic E-state index is 12.9. The number of hydrogen-bond donors (Lipinski definition) is 1. The summed E-state index contributed by atoms with van der Waals surface area (Å²) in [5.41, 5.74) is 2.00. The van der Waals surface area contributed by atoms with E-state index < -0.39 is 6.09 Å². The molecular weight excluding hydrogens is 354 g/mol. The summed E-state index contributed by atoms with van der Waals surface area (Å²) in [6.45, 7) is 3.92. The summed E-state index contributed by atoms with van der Waals surface area (Å²) in [7, 11) is 1.46. The average molecular weight is 371 g/mol. The van der Waals surface area contributed by atoms with Crippen LogP contribution in [0.5, 0.6) is 0 Å². The fourth-order valence-electron chi connectivity index (χ4n) is 2.68. The van der Waals surface area contributed by atoms with Gasteiger partial charge < -0.3 is 9.94 Å². The summed E-state index contributed by atoms with van der Waals surface area (Å²) in [6.07, 6.45) is 0.192. The lowest BCUT2D eigenvalue weighted by Gasteiger charge is -2.05. The predicted molar refractivity (Wildman–Crippen MR) is 99.3 cm³/mol. The molecule has 0 amide bonds. The van der Waals surface area contributed by atoms with Crippen LogP contribution in [0.3, 0.4) is 0 Å². The SMILES string of the molecule is CO/N=C(\c1csc(C(=O)c2cn(C(=O)O)c3ccccc23)n1)C(C)C. The van der Waals surface area contributed by atoms with Crippen molar-refractivity contribution in [3.63, 3.8) is 0 Å². The molecule has 0 saturated carbocycles. The minimum atomic E-state index is -1.14. The van der Waals surface area contributed by atoms with Crippen molar-refractivity contribution in [1.29, 1.82) is 0 Å². The van der Waals surface area contributed by atoms with Crippen LogP contribution in [0.25, 0.3) is 10.9 Å². The Bertz CT molecular complexity index is 1020. The summed E-state index contributed by atoms with van der Waals surface area (Å²) in [5, 5.41) is 15.9. The van der Waals surface area contributed by atoms with Gasteiger partial charge in [-0.3, -0.25) is 9.36 Å². The van der Waals surface area contributed by atoms with Crippen molar-refractivity contribution >= 4 is 39.8 Å². The van der Waals surface area contributed by atoms with E-state index in [1.807, 2.05) is 13.8 Å². The Hall–Kier alpha value is -3.00. The third-order valence-electron chi connectivity index (χ3n) is 3.86. The molecular formula is C18H17N3O4S. The molecule has 1 aromatic carbocycles. The number of oxime groups is 1. The summed E-state index contributed by atoms with van der Waals surface area (Å²) in [5.74, 6) is -0.244. The van der Waals surface area contributed by atoms with E-state index in [1.54, 1.807) is 29.6 Å². The molecule has 0 spiro atoms. The molecule has 0 aliphatic carbocycles. The van der Waals surface area contributed by atoms with E-state index in [2.05, 4.69) is 10.1 Å². The molecule has 0 fully saturated rings. The second kappa shape index (κ2) is 7.09. The topological polar surface area (TPSA) is 93.8 Å². The second-order valence-corrected chi connectivity index (χ2v) is 6.75. The first-order chi connectivity index (χ1) is 12.4. The van der Waals surface area contributed by atoms with Gasteiger partial charge >= 0.3 is 6.09 Å². The van der Waals surface area contributed by atoms with E-state index in [0.717, 1.165) is 4.57 Å². The number of para-hydroxylation sites is 1. The van der Waals surface area contributed by atoms with Crippen LogP contribution < -0.4 is 0 Å². The van der Waals surface area contributed by atoms with Crippen LogP contribution in [0.2, 0.25) is 0 Å². The Morgan fingerprint density at radius 3 is 2.69 bits per heavy atom. The van der Waals surface area contributed by atoms with Crippen molar-refractivity contribution in [1.82, 2.24) is 9.55 Å². The molecule has 0 bridgehead atoms. The zero-order valence-electron chi connectivity index (χ0n) is 14.5. The lowest BCUT2D eigenvalue weighted by atomic mass is 10.1. The number of rotatable bonds is 5. The Kier molecular flexibility index (Phi) is 4.85. The fraction of sp³-hybridized carbons (Fsp3) is 0.222. The van der Waals surface area contributed by atoms with Gasteiger partial charge in [0.1, 0.15) is 12.8 Å². The third-order valence-corrected chi connectivity index (χ3v) is 4.70. The number of ketones is 1. The van der Waals surface area contributed by atoms with E-state index in [4.69, 9.17) is 4.84 Å². The highest BCUT2D eigenvalue weighted by Gasteiger charge is 2.22. The van der Waals surface area contributed by atoms with E-state index >= 15 is 0 Å². The summed E-state index contributed by atoms with van der Waals surface area (Å²) in [4.78, 5) is 33.6. The first kappa shape index (κ1) is 17.8. The Labute approximate surface area is 153 Å². The molecule has 0 atom stereocenters. The van der Waals surface area contributed by atoms with Crippen molar-refractivity contribution < 1.29 is 19.5 Å². The maximum absolute atomic E-state index is 12.9. The van der Waals surface area contributed by atoms with Crippen LogP contribution in [0.4, 0.5) is 4.79 Å². The Morgan fingerprint density at radius 1 is 1.31 bits per heavy atom. The molecule has 2 aromatic heterocycles. The van der Waals surface area contributed by atoms with Gasteiger partial charge in [0, 0.05) is 22.9 Å². The van der Waals surface area contributed by atoms with Crippen LogP contribution in [-0.4, -0.2) is 39.4 Å². The fourth-order valence-corrected chi connectivity index (χ4v) is 3.44. The molecule has 2 heterocycles. The standard InChI is InChI=1S/C18H17N3O4S/c1-10(2)15(20-25-3)13-9-26-17(19-13)16(22)12-8-21(18(23)24)14-7-5-4-6-11(12)14/h4-10H,1-3H3,(H,23,24)/b20-15-. The van der Waals surface area contributed by atoms with Gasteiger partial charge in [-0.1, -0.05) is 37.2 Å². The minimum absolute atomic E-state index is 0.0777. The summed E-state index contributed by atoms with van der Waals surface area (Å²) >= 11 is 1.20. The van der Waals surface area contributed by atoms with Crippen LogP contribution >= 0.6 is 11.3 Å². The van der Waals surface area contributed by atoms with Gasteiger partial charge in [0.05, 0.1) is 16.8 Å². The van der Waals surface area contributed by atoms with Crippen molar-refractivity contribution in [2.45, 2.75) is 13.8 Å². The lowest BCUT2D eigenvalue weighted by molar-refractivity contribution is 0.104. The van der Waals surface area contributed by atoms with E-state index in [0.29, 0.717) is 27.9 Å². The number of nitrogens with zero attached hydrogens (tertiary/aromatic N) is 3. The molecule has 8 heteroatoms. The highest BCUT2D eigenvalue weighted by Crippen LogP contribution is 2.25. The molecule has 3 aromatic rings. The molecule has 3 rings (SSSR count). The van der Waals surface area contributed by atoms with Crippen LogP contribution in [-0.2, 0) is 4.84 Å². The Morgan fingerprint density at radius 2 is 2.04 bits per heavy atom. The number of benzene rings is 1. The highest BCUT2D eigenvalue weighted by atomic mass is 32.1. The van der Waals surface area contributed by atoms with Gasteiger partial charge in [0.15, 0.2) is 5.01 Å². The number of carbonyl (C=O) groups excluding carboxylic acids is 1. The number of carbonyl (C=O) groups is 2. The second-order valence-electron chi connectivity index (χ2n) is 5.89. The van der Waals surface area contributed by atoms with E-state index in [9.17, 15) is 14.7 Å². The number of thiazole rings is 1. The molecule has 26 heavy (non-hydrogen) atoms. The average Bonchev–Trinajstić information content (AvgIpc) is 3.24. The van der Waals surface area contributed by atoms with Gasteiger partial charge in [-0.15, -0.1) is 11.3 Å². The van der Waals surface area contributed by atoms with Crippen molar-refractivity contribution in [2.75, 3.05) is 7.11 Å². The van der Waals surface area contributed by atoms with Gasteiger partial charge in [-0.05, 0) is 6.07 Å². The van der Waals surface area contributed by atoms with Crippen LogP contribution in [0, 0.1) is 5.92 Å². The van der Waals surface area contributed by atoms with Gasteiger partial charge in [-0.2, -0.15) is 0 Å². The number of fused-ring (bicyclic) bond motifs is 1. The number of hydrogen-bond acceptors (Lipinski definition) is 6. The summed E-state index contributed by atoms with van der Waals surface area (Å²) in [6, 6.07) is 6.88. The minimum Gasteiger partial charge on any atom is -0.464 e. The van der Waals surface area contributed by atoms with Crippen LogP contribution in [0.1, 0.15) is 34.9 Å². The van der Waals surface area contributed by atoms with Crippen molar-refractivity contribution in [2.24, 2.45) is 11.1 Å². The molecule has 1 N–H and O–H groups in total. The molecule has 7 nitrogen and oxygen atoms in total. The summed E-state index contributed by atoms with van der Waals surface area (Å²) < 4.78 is 1.04. The van der Waals surface area contributed by atoms with Crippen molar-refractivity contribution in [3.05, 3.63) is 52.1 Å². The third kappa shape index (κ3) is 3.11. The molecule has 134 valence electrons.